The van der Waals surface area contributed by atoms with E-state index in [2.05, 4.69) is 15.6 Å². The van der Waals surface area contributed by atoms with Crippen molar-refractivity contribution in [1.82, 2.24) is 10.3 Å². The minimum atomic E-state index is -4.79. The van der Waals surface area contributed by atoms with Gasteiger partial charge in [-0.15, -0.1) is 0 Å². The van der Waals surface area contributed by atoms with Crippen LogP contribution in [0.25, 0.3) is 0 Å². The maximum atomic E-state index is 14.6. The molecule has 3 aromatic carbocycles. The molecule has 36 heavy (non-hydrogen) atoms. The first-order chi connectivity index (χ1) is 17.2. The van der Waals surface area contributed by atoms with Crippen LogP contribution >= 0.6 is 11.6 Å². The van der Waals surface area contributed by atoms with Crippen molar-refractivity contribution in [2.75, 3.05) is 5.32 Å². The van der Waals surface area contributed by atoms with Crippen LogP contribution < -0.4 is 10.6 Å². The van der Waals surface area contributed by atoms with Crippen LogP contribution in [0.3, 0.4) is 0 Å². The summed E-state index contributed by atoms with van der Waals surface area (Å²) in [7, 11) is 0. The van der Waals surface area contributed by atoms with Crippen LogP contribution in [-0.2, 0) is 18.1 Å². The monoisotopic (exact) mass is 515 g/mol. The van der Waals surface area contributed by atoms with Crippen LogP contribution in [0.15, 0.2) is 97.2 Å². The Labute approximate surface area is 210 Å². The molecular formula is C27H22ClF4N3O. The molecule has 4 rings (SSSR count). The van der Waals surface area contributed by atoms with Crippen molar-refractivity contribution in [3.63, 3.8) is 0 Å². The number of nitrogens with one attached hydrogen (secondary N) is 2. The van der Waals surface area contributed by atoms with Gasteiger partial charge in [-0.05, 0) is 53.6 Å². The van der Waals surface area contributed by atoms with E-state index >= 15 is 0 Å². The summed E-state index contributed by atoms with van der Waals surface area (Å²) in [6, 6.07) is 23.1. The highest BCUT2D eigenvalue weighted by atomic mass is 35.5. The van der Waals surface area contributed by atoms with Gasteiger partial charge in [0, 0.05) is 18.3 Å². The van der Waals surface area contributed by atoms with Crippen LogP contribution in [0, 0.1) is 5.82 Å². The molecule has 3 N–H and O–H groups in total. The molecule has 0 aliphatic rings. The first-order valence-electron chi connectivity index (χ1n) is 11.0. The zero-order valence-electron chi connectivity index (χ0n) is 18.8. The molecule has 2 unspecified atom stereocenters. The van der Waals surface area contributed by atoms with Crippen molar-refractivity contribution >= 4 is 17.3 Å². The fraction of sp³-hybridized carbons (Fsp3) is 0.148. The molecule has 9 heteroatoms. The lowest BCUT2D eigenvalue weighted by molar-refractivity contribution is -0.137. The number of benzene rings is 3. The molecule has 4 nitrogen and oxygen atoms in total. The molecule has 0 bridgehead atoms. The van der Waals surface area contributed by atoms with Crippen molar-refractivity contribution in [3.05, 3.63) is 130 Å². The third-order valence-corrected chi connectivity index (χ3v) is 5.88. The summed E-state index contributed by atoms with van der Waals surface area (Å²) >= 11 is 6.04. The fourth-order valence-corrected chi connectivity index (χ4v) is 4.15. The lowest BCUT2D eigenvalue weighted by Crippen LogP contribution is -2.53. The molecule has 2 atom stereocenters. The second kappa shape index (κ2) is 10.7. The van der Waals surface area contributed by atoms with E-state index in [4.69, 9.17) is 11.6 Å². The van der Waals surface area contributed by atoms with E-state index in [9.17, 15) is 22.7 Å². The summed E-state index contributed by atoms with van der Waals surface area (Å²) < 4.78 is 55.7. The van der Waals surface area contributed by atoms with Crippen molar-refractivity contribution in [3.8, 4) is 0 Å². The molecule has 1 aromatic heterocycles. The Kier molecular flexibility index (Phi) is 7.59. The number of aliphatic hydroxyl groups is 1. The summed E-state index contributed by atoms with van der Waals surface area (Å²) in [6.07, 6.45) is -4.86. The summed E-state index contributed by atoms with van der Waals surface area (Å²) in [5.41, 5.74) is -1.30. The van der Waals surface area contributed by atoms with Crippen LogP contribution in [0.2, 0.25) is 5.02 Å². The molecule has 0 saturated carbocycles. The van der Waals surface area contributed by atoms with Gasteiger partial charge in [-0.3, -0.25) is 10.3 Å². The maximum absolute atomic E-state index is 14.6. The van der Waals surface area contributed by atoms with E-state index in [0.29, 0.717) is 22.3 Å². The van der Waals surface area contributed by atoms with Gasteiger partial charge in [-0.1, -0.05) is 60.1 Å². The third-order valence-electron chi connectivity index (χ3n) is 5.65. The highest BCUT2D eigenvalue weighted by Gasteiger charge is 2.40. The van der Waals surface area contributed by atoms with Gasteiger partial charge in [0.05, 0.1) is 21.8 Å². The molecule has 186 valence electrons. The average molecular weight is 516 g/mol. The smallest absolute Gasteiger partial charge is 0.361 e. The highest BCUT2D eigenvalue weighted by Crippen LogP contribution is 2.38. The number of hydrogen-bond donors (Lipinski definition) is 3. The van der Waals surface area contributed by atoms with Gasteiger partial charge in [0.15, 0.2) is 6.35 Å². The first kappa shape index (κ1) is 25.6. The van der Waals surface area contributed by atoms with E-state index in [1.807, 2.05) is 0 Å². The minimum absolute atomic E-state index is 0.0384. The molecule has 0 spiro atoms. The number of nitrogens with zero attached hydrogens (tertiary/aromatic N) is 1. The number of anilines is 1. The number of halogens is 5. The summed E-state index contributed by atoms with van der Waals surface area (Å²) in [5, 5.41) is 17.2. The topological polar surface area (TPSA) is 57.2 Å². The number of rotatable bonds is 8. The lowest BCUT2D eigenvalue weighted by atomic mass is 9.79. The highest BCUT2D eigenvalue weighted by molar-refractivity contribution is 6.30. The number of para-hydroxylation sites is 1. The standard InChI is InChI=1S/C27H22ClF4N3O/c28-21-11-12-24(33-17-21)26(16-18-7-3-1-4-8-18,35-25(36)34-23-9-5-2-6-10-23)19-13-20(27(30,31)32)15-22(29)14-19/h1-15,17,25,34-36H,16H2. The van der Waals surface area contributed by atoms with E-state index in [-0.39, 0.29) is 17.7 Å². The Morgan fingerprint density at radius 2 is 1.50 bits per heavy atom. The fourth-order valence-electron chi connectivity index (χ4n) is 4.04. The van der Waals surface area contributed by atoms with Gasteiger partial charge in [0.1, 0.15) is 5.82 Å². The predicted octanol–water partition coefficient (Wildman–Crippen LogP) is 6.36. The lowest BCUT2D eigenvalue weighted by Gasteiger charge is -2.38. The van der Waals surface area contributed by atoms with Crippen molar-refractivity contribution in [2.45, 2.75) is 24.5 Å². The molecule has 0 radical (unpaired) electrons. The molecule has 0 aliphatic heterocycles. The quantitative estimate of drug-likeness (QED) is 0.189. The van der Waals surface area contributed by atoms with Gasteiger partial charge >= 0.3 is 6.18 Å². The van der Waals surface area contributed by atoms with Gasteiger partial charge in [0.2, 0.25) is 0 Å². The number of aliphatic hydroxyl groups excluding tert-OH is 1. The van der Waals surface area contributed by atoms with Gasteiger partial charge in [-0.25, -0.2) is 4.39 Å². The summed E-state index contributed by atoms with van der Waals surface area (Å²) in [6.45, 7) is 0. The Hall–Kier alpha value is -3.46. The Morgan fingerprint density at radius 1 is 0.861 bits per heavy atom. The Balaban J connectivity index is 1.90. The van der Waals surface area contributed by atoms with E-state index in [0.717, 1.165) is 12.1 Å². The van der Waals surface area contributed by atoms with Gasteiger partial charge < -0.3 is 10.4 Å². The number of hydrogen-bond acceptors (Lipinski definition) is 4. The van der Waals surface area contributed by atoms with Gasteiger partial charge in [-0.2, -0.15) is 13.2 Å². The molecule has 4 aromatic rings. The van der Waals surface area contributed by atoms with Crippen LogP contribution in [0.4, 0.5) is 23.2 Å². The van der Waals surface area contributed by atoms with E-state index < -0.39 is 29.4 Å². The van der Waals surface area contributed by atoms with Crippen molar-refractivity contribution < 1.29 is 22.7 Å². The van der Waals surface area contributed by atoms with Crippen LogP contribution in [-0.4, -0.2) is 16.4 Å². The predicted molar refractivity (Wildman–Crippen MR) is 131 cm³/mol. The Bertz CT molecular complexity index is 1290. The summed E-state index contributed by atoms with van der Waals surface area (Å²) in [5.74, 6) is -1.07. The van der Waals surface area contributed by atoms with Crippen molar-refractivity contribution in [2.24, 2.45) is 0 Å². The van der Waals surface area contributed by atoms with Crippen LogP contribution in [0.5, 0.6) is 0 Å². The molecule has 0 saturated heterocycles. The molecular weight excluding hydrogens is 494 g/mol. The second-order valence-electron chi connectivity index (χ2n) is 8.21. The normalized spacial score (nSPS) is 14.2. The number of pyridine rings is 1. The second-order valence-corrected chi connectivity index (χ2v) is 8.65. The first-order valence-corrected chi connectivity index (χ1v) is 11.4. The summed E-state index contributed by atoms with van der Waals surface area (Å²) in [4.78, 5) is 4.37. The average Bonchev–Trinajstić information content (AvgIpc) is 2.84. The maximum Gasteiger partial charge on any atom is 0.416 e. The van der Waals surface area contributed by atoms with Crippen LogP contribution in [0.1, 0.15) is 22.4 Å². The zero-order valence-corrected chi connectivity index (χ0v) is 19.6. The number of aromatic nitrogens is 1. The molecule has 0 amide bonds. The Morgan fingerprint density at radius 3 is 2.11 bits per heavy atom. The molecule has 0 aliphatic carbocycles. The largest absolute Gasteiger partial charge is 0.416 e. The molecule has 1 heterocycles. The van der Waals surface area contributed by atoms with E-state index in [1.165, 1.54) is 18.3 Å². The van der Waals surface area contributed by atoms with Crippen molar-refractivity contribution in [1.29, 1.82) is 0 Å². The third kappa shape index (κ3) is 6.02. The number of alkyl halides is 3. The van der Waals surface area contributed by atoms with Gasteiger partial charge in [0.25, 0.3) is 0 Å². The zero-order chi connectivity index (χ0) is 25.8. The SMILES string of the molecule is OC(Nc1ccccc1)NC(Cc1ccccc1)(c1cc(F)cc(C(F)(F)F)c1)c1ccc(Cl)cn1. The van der Waals surface area contributed by atoms with E-state index in [1.54, 1.807) is 60.7 Å². The minimum Gasteiger partial charge on any atom is -0.361 e. The molecule has 0 fully saturated rings.